The minimum Gasteiger partial charge on any atom is -0.481 e. The molecule has 12 nitrogen and oxygen atoms in total. The number of aldehydes is 1. The van der Waals surface area contributed by atoms with Crippen molar-refractivity contribution in [3.63, 3.8) is 0 Å². The van der Waals surface area contributed by atoms with Gasteiger partial charge < -0.3 is 29.0 Å². The van der Waals surface area contributed by atoms with Crippen molar-refractivity contribution in [1.82, 2.24) is 23.8 Å². The molecular weight excluding hydrogens is 641 g/mol. The summed E-state index contributed by atoms with van der Waals surface area (Å²) in [5.74, 6) is -1.03. The molecule has 2 atom stereocenters. The fourth-order valence-electron chi connectivity index (χ4n) is 5.57. The summed E-state index contributed by atoms with van der Waals surface area (Å²) in [7, 11) is 0. The molecule has 0 aliphatic carbocycles. The predicted molar refractivity (Wildman–Crippen MR) is 177 cm³/mol. The van der Waals surface area contributed by atoms with Crippen LogP contribution in [0.1, 0.15) is 42.4 Å². The number of fused-ring (bicyclic) bond motifs is 1. The minimum atomic E-state index is -1.04. The van der Waals surface area contributed by atoms with Crippen LogP contribution < -0.4 is 10.3 Å². The molecule has 1 fully saturated rings. The Morgan fingerprint density at radius 1 is 1.06 bits per heavy atom. The zero-order valence-corrected chi connectivity index (χ0v) is 27.6. The quantitative estimate of drug-likeness (QED) is 0.245. The van der Waals surface area contributed by atoms with Gasteiger partial charge in [0.05, 0.1) is 11.3 Å². The van der Waals surface area contributed by atoms with E-state index >= 15 is 0 Å². The second-order valence-electron chi connectivity index (χ2n) is 12.6. The van der Waals surface area contributed by atoms with Crippen molar-refractivity contribution in [2.24, 2.45) is 5.41 Å². The second-order valence-corrected chi connectivity index (χ2v) is 13.8. The van der Waals surface area contributed by atoms with Gasteiger partial charge in [0.2, 0.25) is 22.5 Å². The van der Waals surface area contributed by atoms with Gasteiger partial charge in [0.25, 0.3) is 0 Å². The zero-order chi connectivity index (χ0) is 34.6. The molecule has 0 radical (unpaired) electrons. The first-order valence-corrected chi connectivity index (χ1v) is 16.2. The Hall–Kier alpha value is -4.98. The van der Waals surface area contributed by atoms with E-state index in [1.54, 1.807) is 29.2 Å². The van der Waals surface area contributed by atoms with Gasteiger partial charge in [-0.2, -0.15) is 0 Å². The van der Waals surface area contributed by atoms with Gasteiger partial charge >= 0.3 is 11.7 Å². The van der Waals surface area contributed by atoms with Crippen LogP contribution in [0.15, 0.2) is 71.8 Å². The normalized spacial score (nSPS) is 15.7. The number of hydrogen-bond acceptors (Lipinski definition) is 8. The number of imidazole rings is 1. The molecule has 2 aromatic carbocycles. The molecule has 14 heteroatoms. The largest absolute Gasteiger partial charge is 0.481 e. The maximum atomic E-state index is 13.8. The van der Waals surface area contributed by atoms with Crippen LogP contribution in [0, 0.1) is 11.2 Å². The van der Waals surface area contributed by atoms with E-state index in [1.807, 2.05) is 26.8 Å². The molecule has 2 aromatic heterocycles. The van der Waals surface area contributed by atoms with Crippen LogP contribution in [-0.4, -0.2) is 83.2 Å². The number of aromatic nitrogens is 3. The lowest BCUT2D eigenvalue weighted by molar-refractivity contribution is -0.135. The standard InChI is InChI=1S/C34H36FN5O7S/c1-34(2,3)26-18-37(13-15-39(26)33(45)46)27(42)19-38-14-16-40-30(43)29(47-21-23-7-5-4-6-8-23)28(36-32(38)40)31(44)48-25(20-41)17-22-9-11-24(35)12-10-22/h4-12,14,16,20,25-26H,13,15,17-19,21H2,1-3H3,(H,45,46). The van der Waals surface area contributed by atoms with E-state index in [2.05, 4.69) is 4.98 Å². The van der Waals surface area contributed by atoms with Gasteiger partial charge in [-0.1, -0.05) is 75.0 Å². The van der Waals surface area contributed by atoms with Crippen LogP contribution in [0.2, 0.25) is 0 Å². The third kappa shape index (κ3) is 7.76. The highest BCUT2D eigenvalue weighted by Crippen LogP contribution is 2.29. The fraction of sp³-hybridized carbons (Fsp3) is 0.353. The van der Waals surface area contributed by atoms with Crippen LogP contribution in [0.3, 0.4) is 0 Å². The summed E-state index contributed by atoms with van der Waals surface area (Å²) in [5, 5.41) is 8.16. The van der Waals surface area contributed by atoms with Crippen molar-refractivity contribution in [2.45, 2.75) is 51.6 Å². The first-order valence-electron chi connectivity index (χ1n) is 15.3. The minimum absolute atomic E-state index is 0.0158. The maximum Gasteiger partial charge on any atom is 0.407 e. The molecule has 252 valence electrons. The molecule has 48 heavy (non-hydrogen) atoms. The summed E-state index contributed by atoms with van der Waals surface area (Å²) >= 11 is 0.672. The third-order valence-electron chi connectivity index (χ3n) is 8.17. The van der Waals surface area contributed by atoms with Crippen LogP contribution in [0.4, 0.5) is 9.18 Å². The lowest BCUT2D eigenvalue weighted by atomic mass is 9.84. The molecular formula is C34H36FN5O7S. The number of carboxylic acid groups (broad SMARTS) is 1. The molecule has 2 unspecified atom stereocenters. The summed E-state index contributed by atoms with van der Waals surface area (Å²) < 4.78 is 21.9. The maximum absolute atomic E-state index is 13.8. The average molecular weight is 678 g/mol. The van der Waals surface area contributed by atoms with Gasteiger partial charge in [-0.05, 0) is 35.1 Å². The zero-order valence-electron chi connectivity index (χ0n) is 26.7. The number of nitrogens with zero attached hydrogens (tertiary/aromatic N) is 5. The van der Waals surface area contributed by atoms with Crippen LogP contribution in [-0.2, 0) is 29.2 Å². The number of benzene rings is 2. The molecule has 2 amide bonds. The fourth-order valence-corrected chi connectivity index (χ4v) is 6.42. The number of rotatable bonds is 10. The van der Waals surface area contributed by atoms with E-state index < -0.39 is 39.3 Å². The molecule has 1 N–H and O–H groups in total. The molecule has 0 bridgehead atoms. The van der Waals surface area contributed by atoms with E-state index in [0.29, 0.717) is 23.6 Å². The number of hydrogen-bond donors (Lipinski definition) is 1. The summed E-state index contributed by atoms with van der Waals surface area (Å²) in [6.45, 7) is 6.04. The van der Waals surface area contributed by atoms with Crippen molar-refractivity contribution in [2.75, 3.05) is 19.6 Å². The Labute approximate surface area is 280 Å². The Balaban J connectivity index is 1.44. The summed E-state index contributed by atoms with van der Waals surface area (Å²) in [6, 6.07) is 14.2. The monoisotopic (exact) mass is 677 g/mol. The van der Waals surface area contributed by atoms with Crippen molar-refractivity contribution >= 4 is 40.9 Å². The molecule has 4 aromatic rings. The molecule has 0 spiro atoms. The van der Waals surface area contributed by atoms with Crippen LogP contribution >= 0.6 is 11.8 Å². The Kier molecular flexibility index (Phi) is 10.3. The molecule has 3 heterocycles. The number of ether oxygens (including phenoxy) is 1. The number of amides is 2. The molecule has 1 saturated heterocycles. The number of thioether (sulfide) groups is 1. The molecule has 1 aliphatic rings. The van der Waals surface area contributed by atoms with Crippen molar-refractivity contribution in [3.8, 4) is 5.75 Å². The SMILES string of the molecule is CC(C)(C)C1CN(C(=O)Cn2ccn3c(=O)c(OCc4ccccc4)c(C(=O)SC(C=O)Cc4ccc(F)cc4)nc23)CCN1C(=O)O. The topological polar surface area (TPSA) is 144 Å². The Morgan fingerprint density at radius 3 is 2.42 bits per heavy atom. The number of halogens is 1. The molecule has 5 rings (SSSR count). The van der Waals surface area contributed by atoms with E-state index in [9.17, 15) is 33.5 Å². The van der Waals surface area contributed by atoms with E-state index in [-0.39, 0.29) is 62.3 Å². The highest BCUT2D eigenvalue weighted by Gasteiger charge is 2.39. The Morgan fingerprint density at radius 2 is 1.77 bits per heavy atom. The first kappa shape index (κ1) is 34.4. The van der Waals surface area contributed by atoms with Gasteiger partial charge in [-0.25, -0.2) is 18.6 Å². The number of carbonyl (C=O) groups excluding carboxylic acids is 3. The number of carbonyl (C=O) groups is 4. The lowest BCUT2D eigenvalue weighted by Crippen LogP contribution is -2.60. The van der Waals surface area contributed by atoms with Crippen molar-refractivity contribution in [3.05, 3.63) is 100.0 Å². The molecule has 0 saturated carbocycles. The van der Waals surface area contributed by atoms with Gasteiger partial charge in [0, 0.05) is 32.0 Å². The van der Waals surface area contributed by atoms with Gasteiger partial charge in [-0.15, -0.1) is 0 Å². The molecule has 1 aliphatic heterocycles. The van der Waals surface area contributed by atoms with E-state index in [1.165, 1.54) is 50.5 Å². The summed E-state index contributed by atoms with van der Waals surface area (Å²) in [6.07, 6.45) is 2.63. The van der Waals surface area contributed by atoms with Crippen molar-refractivity contribution < 1.29 is 33.4 Å². The highest BCUT2D eigenvalue weighted by atomic mass is 32.2. The Bertz CT molecular complexity index is 1870. The van der Waals surface area contributed by atoms with Crippen molar-refractivity contribution in [1.29, 1.82) is 0 Å². The first-order chi connectivity index (χ1) is 22.8. The summed E-state index contributed by atoms with van der Waals surface area (Å²) in [4.78, 5) is 72.3. The van der Waals surface area contributed by atoms with E-state index in [0.717, 1.165) is 5.56 Å². The van der Waals surface area contributed by atoms with Gasteiger partial charge in [0.1, 0.15) is 25.3 Å². The number of piperazine rings is 1. The summed E-state index contributed by atoms with van der Waals surface area (Å²) in [5.41, 5.74) is -0.0128. The highest BCUT2D eigenvalue weighted by molar-refractivity contribution is 8.15. The van der Waals surface area contributed by atoms with E-state index in [4.69, 9.17) is 4.74 Å². The van der Waals surface area contributed by atoms with Gasteiger partial charge in [0.15, 0.2) is 5.69 Å². The average Bonchev–Trinajstić information content (AvgIpc) is 3.47. The third-order valence-corrected chi connectivity index (χ3v) is 9.16. The predicted octanol–water partition coefficient (Wildman–Crippen LogP) is 4.13. The smallest absolute Gasteiger partial charge is 0.407 e. The van der Waals surface area contributed by atoms with Crippen LogP contribution in [0.25, 0.3) is 5.78 Å². The second kappa shape index (κ2) is 14.4. The lowest BCUT2D eigenvalue weighted by Gasteiger charge is -2.45. The van der Waals surface area contributed by atoms with Gasteiger partial charge in [-0.3, -0.25) is 14.4 Å². The van der Waals surface area contributed by atoms with Crippen LogP contribution in [0.5, 0.6) is 5.75 Å².